The Labute approximate surface area is 224 Å². The lowest BCUT2D eigenvalue weighted by molar-refractivity contribution is -0.204. The lowest BCUT2D eigenvalue weighted by atomic mass is 9.43. The van der Waals surface area contributed by atoms with Crippen molar-refractivity contribution in [2.45, 2.75) is 115 Å². The van der Waals surface area contributed by atoms with E-state index in [9.17, 15) is 30.0 Å². The molecule has 1 spiro atoms. The molecule has 0 radical (unpaired) electrons. The number of epoxide rings is 1. The summed E-state index contributed by atoms with van der Waals surface area (Å²) in [6.45, 7) is 9.23. The third kappa shape index (κ3) is 3.04. The average molecular weight is 537 g/mol. The van der Waals surface area contributed by atoms with Gasteiger partial charge in [0.1, 0.15) is 29.7 Å². The smallest absolute Gasteiger partial charge is 0.309 e. The molecule has 9 heteroatoms. The molecule has 4 aliphatic carbocycles. The van der Waals surface area contributed by atoms with Gasteiger partial charge >= 0.3 is 5.97 Å². The molecule has 6 aliphatic rings. The van der Waals surface area contributed by atoms with E-state index in [1.165, 1.54) is 7.11 Å². The quantitative estimate of drug-likeness (QED) is 0.308. The number of carbonyl (C=O) groups excluding carboxylic acids is 2. The first-order chi connectivity index (χ1) is 17.7. The van der Waals surface area contributed by atoms with Gasteiger partial charge in [0.2, 0.25) is 0 Å². The summed E-state index contributed by atoms with van der Waals surface area (Å²) in [6.07, 6.45) is -2.10. The number of Topliss-reactive ketones (excluding diaryl/α,β-unsaturated/α-hetero) is 1. The minimum atomic E-state index is -1.69. The van der Waals surface area contributed by atoms with Crippen molar-refractivity contribution in [3.05, 3.63) is 0 Å². The van der Waals surface area contributed by atoms with Crippen LogP contribution in [0.25, 0.3) is 0 Å². The molecule has 2 saturated heterocycles. The monoisotopic (exact) mass is 536 g/mol. The number of aliphatic hydroxyl groups excluding tert-OH is 3. The molecule has 16 atom stereocenters. The second kappa shape index (κ2) is 8.23. The van der Waals surface area contributed by atoms with Crippen molar-refractivity contribution in [3.8, 4) is 0 Å². The summed E-state index contributed by atoms with van der Waals surface area (Å²) in [7, 11) is 1.52. The topological polar surface area (TPSA) is 146 Å². The van der Waals surface area contributed by atoms with Crippen molar-refractivity contribution < 1.29 is 44.2 Å². The van der Waals surface area contributed by atoms with Gasteiger partial charge in [0, 0.05) is 25.4 Å². The highest BCUT2D eigenvalue weighted by Gasteiger charge is 2.82. The molecule has 0 bridgehead atoms. The highest BCUT2D eigenvalue weighted by atomic mass is 16.6. The molecule has 2 aliphatic heterocycles. The van der Waals surface area contributed by atoms with Gasteiger partial charge in [0.15, 0.2) is 0 Å². The summed E-state index contributed by atoms with van der Waals surface area (Å²) >= 11 is 0. The molecule has 4 N–H and O–H groups in total. The first-order valence-electron chi connectivity index (χ1n) is 14.4. The van der Waals surface area contributed by atoms with E-state index in [-0.39, 0.29) is 53.9 Å². The van der Waals surface area contributed by atoms with Gasteiger partial charge in [-0.3, -0.25) is 9.59 Å². The van der Waals surface area contributed by atoms with E-state index in [1.54, 1.807) is 13.8 Å². The fraction of sp³-hybridized carbons (Fsp3) is 0.931. The predicted molar refractivity (Wildman–Crippen MR) is 134 cm³/mol. The maximum Gasteiger partial charge on any atom is 0.309 e. The first-order valence-corrected chi connectivity index (χ1v) is 14.4. The first kappa shape index (κ1) is 27.1. The van der Waals surface area contributed by atoms with Crippen molar-refractivity contribution in [1.29, 1.82) is 0 Å². The van der Waals surface area contributed by atoms with Gasteiger partial charge in [-0.1, -0.05) is 20.8 Å². The molecular weight excluding hydrogens is 492 g/mol. The third-order valence-corrected chi connectivity index (χ3v) is 12.8. The number of hydrogen-bond donors (Lipinski definition) is 4. The molecule has 4 saturated carbocycles. The van der Waals surface area contributed by atoms with Gasteiger partial charge in [-0.25, -0.2) is 0 Å². The van der Waals surface area contributed by atoms with Gasteiger partial charge in [-0.05, 0) is 62.7 Å². The van der Waals surface area contributed by atoms with Gasteiger partial charge in [0.05, 0.1) is 35.2 Å². The molecule has 0 aromatic rings. The Morgan fingerprint density at radius 1 is 1.13 bits per heavy atom. The summed E-state index contributed by atoms with van der Waals surface area (Å²) in [5, 5.41) is 46.0. The molecule has 6 fully saturated rings. The van der Waals surface area contributed by atoms with Crippen LogP contribution in [0.2, 0.25) is 0 Å². The summed E-state index contributed by atoms with van der Waals surface area (Å²) in [6, 6.07) is 0. The van der Waals surface area contributed by atoms with Crippen molar-refractivity contribution in [3.63, 3.8) is 0 Å². The van der Waals surface area contributed by atoms with Gasteiger partial charge in [0.25, 0.3) is 0 Å². The Hall–Kier alpha value is -1.10. The Morgan fingerprint density at radius 3 is 2.42 bits per heavy atom. The van der Waals surface area contributed by atoms with Crippen molar-refractivity contribution in [2.24, 2.45) is 46.3 Å². The normalized spacial score (nSPS) is 57.7. The van der Waals surface area contributed by atoms with Gasteiger partial charge < -0.3 is 34.6 Å². The van der Waals surface area contributed by atoms with Crippen LogP contribution in [0.1, 0.15) is 66.7 Å². The molecule has 0 aromatic heterocycles. The van der Waals surface area contributed by atoms with Crippen LogP contribution in [0.3, 0.4) is 0 Å². The fourth-order valence-electron chi connectivity index (χ4n) is 10.5. The Morgan fingerprint density at radius 2 is 1.82 bits per heavy atom. The van der Waals surface area contributed by atoms with Crippen LogP contribution in [0.4, 0.5) is 0 Å². The van der Waals surface area contributed by atoms with Crippen LogP contribution >= 0.6 is 0 Å². The zero-order valence-electron chi connectivity index (χ0n) is 23.3. The van der Waals surface area contributed by atoms with Crippen LogP contribution in [0, 0.1) is 46.3 Å². The Bertz CT molecular complexity index is 1030. The lowest BCUT2D eigenvalue weighted by Crippen LogP contribution is -2.68. The van der Waals surface area contributed by atoms with E-state index >= 15 is 0 Å². The SMILES string of the molecule is COC1CC(=O)[C@]2(C)[C@H]3CC[C@]4(C)[C@@H]([C@@](C)(O)[C@H](O)[C@@H]5OC(=O)[C@H](C)[C@H]5C)[C@@H](O)C[C@H]4[C@@H]3C[C@H]3O[C@]32[C@H]1O. The maximum absolute atomic E-state index is 13.7. The van der Waals surface area contributed by atoms with Crippen LogP contribution < -0.4 is 0 Å². The van der Waals surface area contributed by atoms with E-state index in [1.807, 2.05) is 13.8 Å². The lowest BCUT2D eigenvalue weighted by Gasteiger charge is -2.60. The van der Waals surface area contributed by atoms with E-state index in [4.69, 9.17) is 14.2 Å². The highest BCUT2D eigenvalue weighted by molar-refractivity contribution is 5.89. The number of fused-ring (bicyclic) bond motifs is 4. The largest absolute Gasteiger partial charge is 0.459 e. The van der Waals surface area contributed by atoms with Crippen LogP contribution in [0.15, 0.2) is 0 Å². The fourth-order valence-corrected chi connectivity index (χ4v) is 10.5. The Balaban J connectivity index is 1.31. The minimum Gasteiger partial charge on any atom is -0.459 e. The number of hydrogen-bond acceptors (Lipinski definition) is 9. The maximum atomic E-state index is 13.7. The summed E-state index contributed by atoms with van der Waals surface area (Å²) < 4.78 is 17.2. The molecule has 6 rings (SSSR count). The zero-order chi connectivity index (χ0) is 27.7. The van der Waals surface area contributed by atoms with Gasteiger partial charge in [-0.15, -0.1) is 0 Å². The third-order valence-electron chi connectivity index (χ3n) is 12.8. The molecule has 38 heavy (non-hydrogen) atoms. The van der Waals surface area contributed by atoms with E-state index < -0.39 is 58.5 Å². The molecule has 0 amide bonds. The molecule has 1 unspecified atom stereocenters. The predicted octanol–water partition coefficient (Wildman–Crippen LogP) is 1.22. The molecule has 9 nitrogen and oxygen atoms in total. The summed E-state index contributed by atoms with van der Waals surface area (Å²) in [5.41, 5.74) is -3.96. The zero-order valence-corrected chi connectivity index (χ0v) is 23.3. The molecular formula is C29H44O9. The van der Waals surface area contributed by atoms with Crippen LogP contribution in [0.5, 0.6) is 0 Å². The minimum absolute atomic E-state index is 0.00603. The standard InChI is InChI=1S/C29H44O9/c1-12-13(2)25(34)37-21(12)24(33)28(5,35)22-17(30)10-16-14-9-20-29(38-20)23(32)18(36-6)11-19(31)27(29,4)15(14)7-8-26(16,22)3/h12-18,20-24,30,32-33,35H,7-11H2,1-6H3/t12-,13-,14-,15+,16+,17+,18?,20-,21-,22+,23+,24-,26+,27+,28-,29+/m1/s1. The van der Waals surface area contributed by atoms with E-state index in [0.717, 1.165) is 0 Å². The second-order valence-electron chi connectivity index (χ2n) is 14.1. The summed E-state index contributed by atoms with van der Waals surface area (Å²) in [5.74, 6) is -1.52. The van der Waals surface area contributed by atoms with Crippen molar-refractivity contribution in [1.82, 2.24) is 0 Å². The highest BCUT2D eigenvalue weighted by Crippen LogP contribution is 2.74. The van der Waals surface area contributed by atoms with Gasteiger partial charge in [-0.2, -0.15) is 0 Å². The number of esters is 1. The summed E-state index contributed by atoms with van der Waals surface area (Å²) in [4.78, 5) is 25.9. The molecule has 2 heterocycles. The van der Waals surface area contributed by atoms with Crippen molar-refractivity contribution >= 4 is 11.8 Å². The van der Waals surface area contributed by atoms with Crippen LogP contribution in [-0.2, 0) is 23.8 Å². The number of aliphatic hydroxyl groups is 4. The number of methoxy groups -OCH3 is 1. The van der Waals surface area contributed by atoms with E-state index in [0.29, 0.717) is 25.7 Å². The van der Waals surface area contributed by atoms with E-state index in [2.05, 4.69) is 6.92 Å². The number of ether oxygens (including phenoxy) is 3. The number of cyclic esters (lactones) is 1. The average Bonchev–Trinajstić information content (AvgIpc) is 3.45. The second-order valence-corrected chi connectivity index (χ2v) is 14.1. The van der Waals surface area contributed by atoms with Crippen molar-refractivity contribution in [2.75, 3.05) is 7.11 Å². The molecule has 214 valence electrons. The van der Waals surface area contributed by atoms with Crippen LogP contribution in [-0.4, -0.2) is 87.1 Å². The number of carbonyl (C=O) groups is 2. The Kier molecular flexibility index (Phi) is 5.87. The molecule has 0 aromatic carbocycles. The number of ketones is 1. The number of rotatable bonds is 4.